The molecule has 0 radical (unpaired) electrons. The molecule has 0 saturated heterocycles. The molecule has 1 N–H and O–H groups in total. The second kappa shape index (κ2) is 8.24. The van der Waals surface area contributed by atoms with E-state index in [2.05, 4.69) is 34.7 Å². The molecular formula is C9H11N3O3. The third-order valence-corrected chi connectivity index (χ3v) is 0.905. The van der Waals surface area contributed by atoms with Gasteiger partial charge in [-0.15, -0.1) is 4.98 Å². The highest BCUT2D eigenvalue weighted by Crippen LogP contribution is 2.05. The zero-order valence-electron chi connectivity index (χ0n) is 8.04. The topological polar surface area (TPSA) is 77.4 Å². The number of nitrogens with zero attached hydrogens (tertiary/aromatic N) is 3. The van der Waals surface area contributed by atoms with Crippen LogP contribution >= 0.6 is 0 Å². The average molecular weight is 209 g/mol. The molecule has 0 amide bonds. The molecule has 15 heavy (non-hydrogen) atoms. The minimum absolute atomic E-state index is 0.136. The van der Waals surface area contributed by atoms with Crippen molar-refractivity contribution in [3.63, 3.8) is 0 Å². The van der Waals surface area contributed by atoms with Crippen LogP contribution in [0.4, 0.5) is 0 Å². The van der Waals surface area contributed by atoms with Crippen molar-refractivity contribution in [2.45, 2.75) is 0 Å². The fourth-order valence-corrected chi connectivity index (χ4v) is 0.530. The van der Waals surface area contributed by atoms with Crippen LogP contribution in [0.5, 0.6) is 12.0 Å². The lowest BCUT2D eigenvalue weighted by molar-refractivity contribution is 0.396. The van der Waals surface area contributed by atoms with Crippen LogP contribution in [0.2, 0.25) is 0 Å². The fourth-order valence-electron chi connectivity index (χ4n) is 0.530. The first-order chi connectivity index (χ1) is 7.28. The zero-order chi connectivity index (χ0) is 11.5. The maximum atomic E-state index is 7.33. The van der Waals surface area contributed by atoms with E-state index in [1.807, 2.05) is 0 Å². The molecule has 0 spiro atoms. The molecule has 0 unspecified atom stereocenters. The van der Waals surface area contributed by atoms with E-state index in [0.717, 1.165) is 6.26 Å². The molecule has 1 aromatic rings. The summed E-state index contributed by atoms with van der Waals surface area (Å²) in [5, 5.41) is 7.33. The highest BCUT2D eigenvalue weighted by Gasteiger charge is 1.98. The summed E-state index contributed by atoms with van der Waals surface area (Å²) in [6.45, 7) is 9.61. The monoisotopic (exact) mass is 209 g/mol. The van der Waals surface area contributed by atoms with E-state index in [1.165, 1.54) is 18.9 Å². The largest absolute Gasteiger partial charge is 0.516 e. The standard InChI is InChI=1S/C7H7N3O2.C2H4O/c1-3-11-6-8-5-9-7(10-6)12-4-2;1-2-3/h3-5H,1-2H2;2-3H,1H2. The molecule has 1 aromatic heterocycles. The van der Waals surface area contributed by atoms with Crippen LogP contribution in [0.3, 0.4) is 0 Å². The average Bonchev–Trinajstić information content (AvgIpc) is 2.20. The third kappa shape index (κ3) is 5.81. The van der Waals surface area contributed by atoms with Crippen LogP contribution in [0.15, 0.2) is 44.9 Å². The van der Waals surface area contributed by atoms with Gasteiger partial charge in [0.1, 0.15) is 6.33 Å². The number of rotatable bonds is 4. The molecule has 0 bridgehead atoms. The van der Waals surface area contributed by atoms with Gasteiger partial charge in [-0.2, -0.15) is 9.97 Å². The molecule has 0 aliphatic rings. The third-order valence-electron chi connectivity index (χ3n) is 0.905. The SMILES string of the molecule is C=CO.C=COc1ncnc(OC=C)n1. The highest BCUT2D eigenvalue weighted by atomic mass is 16.5. The number of hydrogen-bond donors (Lipinski definition) is 1. The number of aliphatic hydroxyl groups excluding tert-OH is 1. The maximum Gasteiger partial charge on any atom is 0.327 e. The van der Waals surface area contributed by atoms with Crippen molar-refractivity contribution in [2.75, 3.05) is 0 Å². The first kappa shape index (κ1) is 12.6. The number of ether oxygens (including phenoxy) is 2. The van der Waals surface area contributed by atoms with Gasteiger partial charge in [-0.25, -0.2) is 0 Å². The molecule has 1 heterocycles. The summed E-state index contributed by atoms with van der Waals surface area (Å²) in [6, 6.07) is 0.272. The Bertz CT molecular complexity index is 303. The van der Waals surface area contributed by atoms with Gasteiger partial charge < -0.3 is 14.6 Å². The lowest BCUT2D eigenvalue weighted by atomic mass is 10.9. The Morgan fingerprint density at radius 1 is 1.07 bits per heavy atom. The normalized spacial score (nSPS) is 7.73. The lowest BCUT2D eigenvalue weighted by Crippen LogP contribution is -1.95. The van der Waals surface area contributed by atoms with Gasteiger partial charge >= 0.3 is 12.0 Å². The minimum atomic E-state index is 0.136. The lowest BCUT2D eigenvalue weighted by Gasteiger charge is -1.98. The van der Waals surface area contributed by atoms with Crippen LogP contribution in [0.25, 0.3) is 0 Å². The van der Waals surface area contributed by atoms with E-state index < -0.39 is 0 Å². The van der Waals surface area contributed by atoms with Gasteiger partial charge in [0.25, 0.3) is 0 Å². The molecule has 0 fully saturated rings. The van der Waals surface area contributed by atoms with E-state index in [9.17, 15) is 0 Å². The zero-order valence-corrected chi connectivity index (χ0v) is 8.04. The molecule has 0 atom stereocenters. The quantitative estimate of drug-likeness (QED) is 0.759. The van der Waals surface area contributed by atoms with Gasteiger partial charge in [-0.3, -0.25) is 0 Å². The first-order valence-electron chi connectivity index (χ1n) is 3.77. The molecule has 6 nitrogen and oxygen atoms in total. The Morgan fingerprint density at radius 3 is 1.80 bits per heavy atom. The Balaban J connectivity index is 0.000000583. The second-order valence-corrected chi connectivity index (χ2v) is 1.80. The summed E-state index contributed by atoms with van der Waals surface area (Å²) in [6.07, 6.45) is 4.45. The molecule has 1 rings (SSSR count). The summed E-state index contributed by atoms with van der Waals surface area (Å²) in [4.78, 5) is 11.1. The van der Waals surface area contributed by atoms with Gasteiger partial charge in [0.05, 0.1) is 18.8 Å². The Kier molecular flexibility index (Phi) is 6.94. The summed E-state index contributed by atoms with van der Waals surface area (Å²) in [7, 11) is 0. The maximum absolute atomic E-state index is 7.33. The second-order valence-electron chi connectivity index (χ2n) is 1.80. The molecule has 6 heteroatoms. The van der Waals surface area contributed by atoms with Gasteiger partial charge in [0.15, 0.2) is 0 Å². The van der Waals surface area contributed by atoms with Gasteiger partial charge in [-0.05, 0) is 0 Å². The van der Waals surface area contributed by atoms with Gasteiger partial charge in [-0.1, -0.05) is 19.7 Å². The number of aliphatic hydroxyl groups is 1. The molecule has 0 aliphatic heterocycles. The van der Waals surface area contributed by atoms with Gasteiger partial charge in [0.2, 0.25) is 0 Å². The van der Waals surface area contributed by atoms with E-state index in [0.29, 0.717) is 0 Å². The van der Waals surface area contributed by atoms with Crippen molar-refractivity contribution in [1.82, 2.24) is 15.0 Å². The number of hydrogen-bond acceptors (Lipinski definition) is 6. The van der Waals surface area contributed by atoms with Crippen molar-refractivity contribution in [3.8, 4) is 12.0 Å². The highest BCUT2D eigenvalue weighted by molar-refractivity contribution is 5.01. The number of aromatic nitrogens is 3. The first-order valence-corrected chi connectivity index (χ1v) is 3.77. The molecule has 0 aromatic carbocycles. The molecule has 80 valence electrons. The minimum Gasteiger partial charge on any atom is -0.516 e. The predicted molar refractivity (Wildman–Crippen MR) is 54.3 cm³/mol. The molecule has 0 aliphatic carbocycles. The van der Waals surface area contributed by atoms with E-state index >= 15 is 0 Å². The predicted octanol–water partition coefficient (Wildman–Crippen LogP) is 1.60. The summed E-state index contributed by atoms with van der Waals surface area (Å²) in [5.41, 5.74) is 0. The van der Waals surface area contributed by atoms with Crippen molar-refractivity contribution in [1.29, 1.82) is 0 Å². The fraction of sp³-hybridized carbons (Fsp3) is 0. The van der Waals surface area contributed by atoms with Gasteiger partial charge in [0, 0.05) is 0 Å². The summed E-state index contributed by atoms with van der Waals surface area (Å²) < 4.78 is 9.56. The van der Waals surface area contributed by atoms with E-state index in [-0.39, 0.29) is 12.0 Å². The van der Waals surface area contributed by atoms with Crippen molar-refractivity contribution >= 4 is 0 Å². The van der Waals surface area contributed by atoms with Crippen LogP contribution in [0.1, 0.15) is 0 Å². The van der Waals surface area contributed by atoms with Crippen molar-refractivity contribution in [2.24, 2.45) is 0 Å². The van der Waals surface area contributed by atoms with Crippen LogP contribution in [-0.4, -0.2) is 20.1 Å². The Labute approximate surface area is 87.2 Å². The van der Waals surface area contributed by atoms with E-state index in [4.69, 9.17) is 14.6 Å². The van der Waals surface area contributed by atoms with E-state index in [1.54, 1.807) is 0 Å². The van der Waals surface area contributed by atoms with Crippen molar-refractivity contribution in [3.05, 3.63) is 44.9 Å². The molecular weight excluding hydrogens is 198 g/mol. The summed E-state index contributed by atoms with van der Waals surface area (Å²) >= 11 is 0. The Hall–Kier alpha value is -2.37. The van der Waals surface area contributed by atoms with Crippen LogP contribution < -0.4 is 9.47 Å². The van der Waals surface area contributed by atoms with Crippen LogP contribution in [0, 0.1) is 0 Å². The van der Waals surface area contributed by atoms with Crippen molar-refractivity contribution < 1.29 is 14.6 Å². The van der Waals surface area contributed by atoms with Crippen LogP contribution in [-0.2, 0) is 0 Å². The molecule has 0 saturated carbocycles. The Morgan fingerprint density at radius 2 is 1.47 bits per heavy atom. The summed E-state index contributed by atoms with van der Waals surface area (Å²) in [5.74, 6) is 0. The smallest absolute Gasteiger partial charge is 0.327 e.